The van der Waals surface area contributed by atoms with Gasteiger partial charge in [-0.3, -0.25) is 4.79 Å². The third kappa shape index (κ3) is 2.34. The number of hydrogen-bond donors (Lipinski definition) is 0. The van der Waals surface area contributed by atoms with E-state index in [1.165, 1.54) is 37.7 Å². The van der Waals surface area contributed by atoms with Crippen LogP contribution in [-0.2, 0) is 16.0 Å². The first-order valence-corrected chi connectivity index (χ1v) is 11.1. The SMILES string of the molecule is Cc1ccc2c(c1)CCC1C2CC[C@@]2(C)C1CC[C@@]21CCC(C)(C)C(=O)O1. The fourth-order valence-corrected chi connectivity index (χ4v) is 7.36. The van der Waals surface area contributed by atoms with E-state index in [9.17, 15) is 4.79 Å². The molecule has 1 aromatic carbocycles. The zero-order valence-corrected chi connectivity index (χ0v) is 17.4. The van der Waals surface area contributed by atoms with E-state index in [1.807, 2.05) is 13.8 Å². The second kappa shape index (κ2) is 5.61. The normalized spacial score (nSPS) is 42.2. The van der Waals surface area contributed by atoms with Gasteiger partial charge in [-0.05, 0) is 101 Å². The number of fused-ring (bicyclic) bond motifs is 6. The maximum absolute atomic E-state index is 12.7. The van der Waals surface area contributed by atoms with Crippen molar-refractivity contribution < 1.29 is 9.53 Å². The summed E-state index contributed by atoms with van der Waals surface area (Å²) < 4.78 is 6.35. The molecule has 2 nitrogen and oxygen atoms in total. The van der Waals surface area contributed by atoms with Gasteiger partial charge in [0.1, 0.15) is 5.60 Å². The number of esters is 1. The van der Waals surface area contributed by atoms with E-state index in [-0.39, 0.29) is 22.4 Å². The van der Waals surface area contributed by atoms with Crippen molar-refractivity contribution >= 4 is 5.97 Å². The molecule has 4 aliphatic rings. The van der Waals surface area contributed by atoms with Crippen molar-refractivity contribution in [3.8, 4) is 0 Å². The molecule has 5 atom stereocenters. The minimum absolute atomic E-state index is 0.0437. The van der Waals surface area contributed by atoms with E-state index in [1.54, 1.807) is 11.1 Å². The van der Waals surface area contributed by atoms with Crippen LogP contribution in [0.2, 0.25) is 0 Å². The van der Waals surface area contributed by atoms with Crippen LogP contribution in [0.1, 0.15) is 88.3 Å². The number of carbonyl (C=O) groups excluding carboxylic acids is 1. The van der Waals surface area contributed by atoms with Gasteiger partial charge in [0.15, 0.2) is 0 Å². The summed E-state index contributed by atoms with van der Waals surface area (Å²) in [5, 5.41) is 0. The highest BCUT2D eigenvalue weighted by atomic mass is 16.6. The van der Waals surface area contributed by atoms with Gasteiger partial charge in [0.25, 0.3) is 0 Å². The van der Waals surface area contributed by atoms with Crippen LogP contribution in [0.4, 0.5) is 0 Å². The molecule has 27 heavy (non-hydrogen) atoms. The molecule has 1 aliphatic heterocycles. The molecule has 3 fully saturated rings. The van der Waals surface area contributed by atoms with Gasteiger partial charge in [-0.25, -0.2) is 0 Å². The lowest BCUT2D eigenvalue weighted by Crippen LogP contribution is -2.56. The minimum Gasteiger partial charge on any atom is -0.458 e. The van der Waals surface area contributed by atoms with Gasteiger partial charge in [-0.1, -0.05) is 30.7 Å². The number of hydrogen-bond acceptors (Lipinski definition) is 2. The summed E-state index contributed by atoms with van der Waals surface area (Å²) in [5.41, 5.74) is 4.29. The van der Waals surface area contributed by atoms with E-state index in [2.05, 4.69) is 32.0 Å². The standard InChI is InChI=1S/C25H34O2/c1-16-5-7-18-17(15-16)6-8-20-19(18)9-11-24(4)21(20)10-12-25(24)14-13-23(2,3)22(26)27-25/h5,7,15,19-21H,6,8-14H2,1-4H3/t19?,20?,21?,24-,25+/m0/s1. The molecule has 146 valence electrons. The van der Waals surface area contributed by atoms with Gasteiger partial charge in [-0.15, -0.1) is 0 Å². The zero-order valence-electron chi connectivity index (χ0n) is 17.4. The van der Waals surface area contributed by atoms with Gasteiger partial charge < -0.3 is 4.74 Å². The predicted molar refractivity (Wildman–Crippen MR) is 108 cm³/mol. The molecular formula is C25H34O2. The van der Waals surface area contributed by atoms with E-state index < -0.39 is 0 Å². The van der Waals surface area contributed by atoms with Crippen molar-refractivity contribution in [2.45, 2.75) is 90.6 Å². The van der Waals surface area contributed by atoms with Crippen LogP contribution in [0.3, 0.4) is 0 Å². The second-order valence-corrected chi connectivity index (χ2v) is 10.9. The number of carbonyl (C=O) groups is 1. The second-order valence-electron chi connectivity index (χ2n) is 10.9. The zero-order chi connectivity index (χ0) is 19.0. The molecule has 0 bridgehead atoms. The first-order chi connectivity index (χ1) is 12.8. The highest BCUT2D eigenvalue weighted by molar-refractivity contribution is 5.77. The quantitative estimate of drug-likeness (QED) is 0.530. The molecule has 3 unspecified atom stereocenters. The van der Waals surface area contributed by atoms with E-state index in [0.717, 1.165) is 31.1 Å². The summed E-state index contributed by atoms with van der Waals surface area (Å²) in [4.78, 5) is 12.7. The molecule has 5 rings (SSSR count). The van der Waals surface area contributed by atoms with Crippen molar-refractivity contribution in [2.75, 3.05) is 0 Å². The number of rotatable bonds is 0. The predicted octanol–water partition coefficient (Wildman–Crippen LogP) is 5.95. The summed E-state index contributed by atoms with van der Waals surface area (Å²) in [5.74, 6) is 2.24. The van der Waals surface area contributed by atoms with Crippen LogP contribution >= 0.6 is 0 Å². The summed E-state index contributed by atoms with van der Waals surface area (Å²) in [6, 6.07) is 7.13. The monoisotopic (exact) mass is 366 g/mol. The third-order valence-electron chi connectivity index (χ3n) is 9.17. The minimum atomic E-state index is -0.307. The molecule has 0 radical (unpaired) electrons. The lowest BCUT2D eigenvalue weighted by Gasteiger charge is -2.56. The highest BCUT2D eigenvalue weighted by Crippen LogP contribution is 2.67. The molecule has 0 aromatic heterocycles. The van der Waals surface area contributed by atoms with Gasteiger partial charge in [0.2, 0.25) is 0 Å². The van der Waals surface area contributed by atoms with Crippen LogP contribution in [0, 0.1) is 29.6 Å². The van der Waals surface area contributed by atoms with E-state index in [4.69, 9.17) is 4.74 Å². The van der Waals surface area contributed by atoms with Crippen LogP contribution in [0.5, 0.6) is 0 Å². The smallest absolute Gasteiger partial charge is 0.312 e. The Bertz CT molecular complexity index is 794. The molecule has 0 N–H and O–H groups in total. The van der Waals surface area contributed by atoms with E-state index in [0.29, 0.717) is 5.92 Å². The Morgan fingerprint density at radius 3 is 2.59 bits per heavy atom. The largest absolute Gasteiger partial charge is 0.458 e. The maximum Gasteiger partial charge on any atom is 0.312 e. The fraction of sp³-hybridized carbons (Fsp3) is 0.720. The van der Waals surface area contributed by atoms with Gasteiger partial charge >= 0.3 is 5.97 Å². The third-order valence-corrected chi connectivity index (χ3v) is 9.17. The number of ether oxygens (including phenoxy) is 1. The summed E-state index contributed by atoms with van der Waals surface area (Å²) in [6.07, 6.45) is 9.38. The summed E-state index contributed by atoms with van der Waals surface area (Å²) in [7, 11) is 0. The Balaban J connectivity index is 1.47. The Hall–Kier alpha value is -1.31. The highest BCUT2D eigenvalue weighted by Gasteiger charge is 2.65. The van der Waals surface area contributed by atoms with Crippen molar-refractivity contribution in [3.63, 3.8) is 0 Å². The Morgan fingerprint density at radius 1 is 1.00 bits per heavy atom. The van der Waals surface area contributed by atoms with Crippen LogP contribution in [0.15, 0.2) is 18.2 Å². The number of aryl methyl sites for hydroxylation is 2. The molecule has 0 amide bonds. The summed E-state index contributed by atoms with van der Waals surface area (Å²) >= 11 is 0. The molecule has 2 saturated carbocycles. The van der Waals surface area contributed by atoms with Crippen molar-refractivity contribution in [3.05, 3.63) is 34.9 Å². The lowest BCUT2D eigenvalue weighted by atomic mass is 9.52. The molecule has 1 aromatic rings. The van der Waals surface area contributed by atoms with Crippen molar-refractivity contribution in [1.82, 2.24) is 0 Å². The molecule has 1 heterocycles. The first kappa shape index (κ1) is 17.8. The average molecular weight is 367 g/mol. The van der Waals surface area contributed by atoms with Crippen molar-refractivity contribution in [2.24, 2.45) is 22.7 Å². The Labute approximate surface area is 164 Å². The van der Waals surface area contributed by atoms with Gasteiger partial charge in [0.05, 0.1) is 5.41 Å². The Morgan fingerprint density at radius 2 is 1.81 bits per heavy atom. The molecule has 2 heteroatoms. The topological polar surface area (TPSA) is 26.3 Å². The maximum atomic E-state index is 12.7. The molecule has 1 saturated heterocycles. The van der Waals surface area contributed by atoms with Gasteiger partial charge in [-0.2, -0.15) is 0 Å². The van der Waals surface area contributed by atoms with Crippen molar-refractivity contribution in [1.29, 1.82) is 0 Å². The van der Waals surface area contributed by atoms with Crippen LogP contribution in [0.25, 0.3) is 0 Å². The lowest BCUT2D eigenvalue weighted by molar-refractivity contribution is -0.206. The first-order valence-electron chi connectivity index (χ1n) is 11.1. The van der Waals surface area contributed by atoms with Crippen LogP contribution < -0.4 is 0 Å². The molecule has 3 aliphatic carbocycles. The van der Waals surface area contributed by atoms with Gasteiger partial charge in [0, 0.05) is 5.41 Å². The summed E-state index contributed by atoms with van der Waals surface area (Å²) in [6.45, 7) is 8.78. The molecular weight excluding hydrogens is 332 g/mol. The number of benzene rings is 1. The van der Waals surface area contributed by atoms with Crippen LogP contribution in [-0.4, -0.2) is 11.6 Å². The average Bonchev–Trinajstić information content (AvgIpc) is 2.91. The fourth-order valence-electron chi connectivity index (χ4n) is 7.36. The molecule has 1 spiro atoms. The van der Waals surface area contributed by atoms with E-state index >= 15 is 0 Å². The Kier molecular flexibility index (Phi) is 3.69.